The number of carbonyl (C=O) groups excluding carboxylic acids is 2. The Hall–Kier alpha value is -1.36. The molecule has 0 radical (unpaired) electrons. The minimum absolute atomic E-state index is 0.159. The van der Waals surface area contributed by atoms with Crippen molar-refractivity contribution in [2.45, 2.75) is 64.1 Å². The maximum absolute atomic E-state index is 12.3. The summed E-state index contributed by atoms with van der Waals surface area (Å²) in [6.45, 7) is 9.58. The molecule has 4 rings (SSSR count). The van der Waals surface area contributed by atoms with E-state index >= 15 is 0 Å². The van der Waals surface area contributed by atoms with Crippen LogP contribution in [-0.2, 0) is 23.8 Å². The molecule has 5 heteroatoms. The molecule has 0 saturated heterocycles. The second-order valence-electron chi connectivity index (χ2n) is 7.90. The number of rotatable bonds is 6. The van der Waals surface area contributed by atoms with E-state index in [0.717, 1.165) is 25.7 Å². The Balaban J connectivity index is 1.71. The molecule has 5 nitrogen and oxygen atoms in total. The standard InChI is InChI=1S/C19H28O5/c1-5-23-18-7-14-6-15(8-18)10-19(9-14,13(18)4)24-16(20)11-22-17(21)12(2)3/h13-15H,2,5-11H2,1,3-4H3. The fraction of sp³-hybridized carbons (Fsp3) is 0.789. The quantitative estimate of drug-likeness (QED) is 0.551. The van der Waals surface area contributed by atoms with Gasteiger partial charge in [-0.15, -0.1) is 0 Å². The fourth-order valence-electron chi connectivity index (χ4n) is 5.46. The van der Waals surface area contributed by atoms with Crippen molar-refractivity contribution in [2.75, 3.05) is 13.2 Å². The maximum atomic E-state index is 12.3. The third-order valence-electron chi connectivity index (χ3n) is 6.20. The van der Waals surface area contributed by atoms with E-state index in [2.05, 4.69) is 13.5 Å². The first-order chi connectivity index (χ1) is 11.3. The largest absolute Gasteiger partial charge is 0.456 e. The molecule has 0 aromatic heterocycles. The lowest BCUT2D eigenvalue weighted by molar-refractivity contribution is -0.266. The van der Waals surface area contributed by atoms with Crippen LogP contribution in [0.1, 0.15) is 52.9 Å². The van der Waals surface area contributed by atoms with Crippen LogP contribution in [-0.4, -0.2) is 36.4 Å². The molecule has 0 N–H and O–H groups in total. The van der Waals surface area contributed by atoms with Crippen molar-refractivity contribution >= 4 is 11.9 Å². The summed E-state index contributed by atoms with van der Waals surface area (Å²) < 4.78 is 17.1. The smallest absolute Gasteiger partial charge is 0.344 e. The highest BCUT2D eigenvalue weighted by Gasteiger charge is 2.64. The van der Waals surface area contributed by atoms with Gasteiger partial charge in [-0.1, -0.05) is 13.5 Å². The van der Waals surface area contributed by atoms with Gasteiger partial charge in [-0.05, 0) is 57.8 Å². The third-order valence-corrected chi connectivity index (χ3v) is 6.20. The predicted molar refractivity (Wildman–Crippen MR) is 88.2 cm³/mol. The Kier molecular flexibility index (Phi) is 4.49. The molecular weight excluding hydrogens is 308 g/mol. The third kappa shape index (κ3) is 2.87. The van der Waals surface area contributed by atoms with Crippen molar-refractivity contribution in [3.63, 3.8) is 0 Å². The monoisotopic (exact) mass is 336 g/mol. The first-order valence-corrected chi connectivity index (χ1v) is 8.98. The van der Waals surface area contributed by atoms with Gasteiger partial charge in [-0.2, -0.15) is 0 Å². The Morgan fingerprint density at radius 3 is 2.25 bits per heavy atom. The number of carbonyl (C=O) groups is 2. The number of ether oxygens (including phenoxy) is 3. The average Bonchev–Trinajstić information content (AvgIpc) is 2.49. The predicted octanol–water partition coefficient (Wildman–Crippen LogP) is 3.02. The summed E-state index contributed by atoms with van der Waals surface area (Å²) in [5.41, 5.74) is -0.347. The van der Waals surface area contributed by atoms with E-state index in [0.29, 0.717) is 18.4 Å². The highest BCUT2D eigenvalue weighted by molar-refractivity contribution is 5.88. The highest BCUT2D eigenvalue weighted by Crippen LogP contribution is 2.62. The van der Waals surface area contributed by atoms with Gasteiger partial charge in [0.25, 0.3) is 0 Å². The van der Waals surface area contributed by atoms with Gasteiger partial charge in [0.05, 0.1) is 5.60 Å². The average molecular weight is 336 g/mol. The van der Waals surface area contributed by atoms with Crippen LogP contribution in [0.3, 0.4) is 0 Å². The lowest BCUT2D eigenvalue weighted by Crippen LogP contribution is -2.67. The molecule has 0 aromatic carbocycles. The molecule has 3 unspecified atom stereocenters. The molecule has 0 heterocycles. The van der Waals surface area contributed by atoms with E-state index in [-0.39, 0.29) is 23.7 Å². The summed E-state index contributed by atoms with van der Waals surface area (Å²) >= 11 is 0. The van der Waals surface area contributed by atoms with Crippen LogP contribution in [0.5, 0.6) is 0 Å². The van der Waals surface area contributed by atoms with Gasteiger partial charge in [0.15, 0.2) is 6.61 Å². The maximum Gasteiger partial charge on any atom is 0.344 e. The normalized spacial score (nSPS) is 39.5. The van der Waals surface area contributed by atoms with Crippen LogP contribution in [0.2, 0.25) is 0 Å². The summed E-state index contributed by atoms with van der Waals surface area (Å²) in [5, 5.41) is 0. The van der Waals surface area contributed by atoms with Crippen LogP contribution in [0, 0.1) is 17.8 Å². The summed E-state index contributed by atoms with van der Waals surface area (Å²) in [5.74, 6) is 0.261. The molecule has 4 saturated carbocycles. The minimum atomic E-state index is -0.559. The van der Waals surface area contributed by atoms with Crippen LogP contribution < -0.4 is 0 Å². The summed E-state index contributed by atoms with van der Waals surface area (Å²) in [6, 6.07) is 0. The van der Waals surface area contributed by atoms with Crippen molar-refractivity contribution in [1.29, 1.82) is 0 Å². The number of esters is 2. The molecule has 3 atom stereocenters. The molecule has 0 aliphatic heterocycles. The highest BCUT2D eigenvalue weighted by atomic mass is 16.6. The molecule has 4 aliphatic rings. The van der Waals surface area contributed by atoms with Crippen LogP contribution >= 0.6 is 0 Å². The summed E-state index contributed by atoms with van der Waals surface area (Å²) in [7, 11) is 0. The first kappa shape index (κ1) is 17.5. The first-order valence-electron chi connectivity index (χ1n) is 8.98. The minimum Gasteiger partial charge on any atom is -0.456 e. The Morgan fingerprint density at radius 2 is 1.71 bits per heavy atom. The van der Waals surface area contributed by atoms with Gasteiger partial charge in [0.1, 0.15) is 5.60 Å². The van der Waals surface area contributed by atoms with E-state index in [1.165, 1.54) is 6.42 Å². The molecule has 24 heavy (non-hydrogen) atoms. The van der Waals surface area contributed by atoms with Gasteiger partial charge in [-0.25, -0.2) is 9.59 Å². The van der Waals surface area contributed by atoms with E-state index in [9.17, 15) is 9.59 Å². The number of hydrogen-bond donors (Lipinski definition) is 0. The molecular formula is C19H28O5. The van der Waals surface area contributed by atoms with Crippen LogP contribution in [0.25, 0.3) is 0 Å². The van der Waals surface area contributed by atoms with Gasteiger partial charge in [0, 0.05) is 18.1 Å². The van der Waals surface area contributed by atoms with Crippen molar-refractivity contribution in [3.8, 4) is 0 Å². The molecule has 4 aliphatic carbocycles. The number of hydrogen-bond acceptors (Lipinski definition) is 5. The molecule has 4 fully saturated rings. The molecule has 134 valence electrons. The molecule has 0 amide bonds. The van der Waals surface area contributed by atoms with Crippen molar-refractivity contribution < 1.29 is 23.8 Å². The Bertz CT molecular complexity index is 538. The van der Waals surface area contributed by atoms with E-state index in [1.807, 2.05) is 6.92 Å². The van der Waals surface area contributed by atoms with Crippen molar-refractivity contribution in [3.05, 3.63) is 12.2 Å². The zero-order valence-electron chi connectivity index (χ0n) is 14.9. The van der Waals surface area contributed by atoms with Crippen molar-refractivity contribution in [1.82, 2.24) is 0 Å². The van der Waals surface area contributed by atoms with Gasteiger partial charge < -0.3 is 14.2 Å². The second kappa shape index (κ2) is 6.17. The van der Waals surface area contributed by atoms with Gasteiger partial charge in [-0.3, -0.25) is 0 Å². The fourth-order valence-corrected chi connectivity index (χ4v) is 5.46. The van der Waals surface area contributed by atoms with Crippen LogP contribution in [0.4, 0.5) is 0 Å². The second-order valence-corrected chi connectivity index (χ2v) is 7.90. The molecule has 4 bridgehead atoms. The zero-order valence-corrected chi connectivity index (χ0v) is 14.9. The lowest BCUT2D eigenvalue weighted by atomic mass is 9.48. The molecule has 0 aromatic rings. The van der Waals surface area contributed by atoms with E-state index in [1.54, 1.807) is 6.92 Å². The zero-order chi connectivity index (χ0) is 17.5. The van der Waals surface area contributed by atoms with Crippen molar-refractivity contribution in [2.24, 2.45) is 17.8 Å². The topological polar surface area (TPSA) is 61.8 Å². The van der Waals surface area contributed by atoms with E-state index in [4.69, 9.17) is 14.2 Å². The van der Waals surface area contributed by atoms with Gasteiger partial charge >= 0.3 is 11.9 Å². The SMILES string of the molecule is C=C(C)C(=O)OCC(=O)OC12CC3CC(CC(OCC)(C3)C1C)C2. The Morgan fingerprint density at radius 1 is 1.12 bits per heavy atom. The van der Waals surface area contributed by atoms with Crippen LogP contribution in [0.15, 0.2) is 12.2 Å². The summed E-state index contributed by atoms with van der Waals surface area (Å²) in [4.78, 5) is 23.8. The summed E-state index contributed by atoms with van der Waals surface area (Å²) in [6.07, 6.45) is 5.16. The van der Waals surface area contributed by atoms with Gasteiger partial charge in [0.2, 0.25) is 0 Å². The Labute approximate surface area is 143 Å². The lowest BCUT2D eigenvalue weighted by Gasteiger charge is -2.64. The molecule has 0 spiro atoms. The van der Waals surface area contributed by atoms with E-state index < -0.39 is 17.5 Å².